The van der Waals surface area contributed by atoms with Crippen molar-refractivity contribution < 1.29 is 9.21 Å². The molecule has 0 bridgehead atoms. The third kappa shape index (κ3) is 4.53. The van der Waals surface area contributed by atoms with E-state index in [2.05, 4.69) is 20.6 Å². The molecule has 2 aromatic carbocycles. The molecule has 0 fully saturated rings. The SMILES string of the molecule is Cc1cc(N(C)C)nc(Nc2ccc(NC(=O)c3cc(=O)c4ccccc4o3)cc2)n1. The van der Waals surface area contributed by atoms with Crippen molar-refractivity contribution in [3.63, 3.8) is 0 Å². The van der Waals surface area contributed by atoms with Crippen LogP contribution in [0, 0.1) is 6.92 Å². The lowest BCUT2D eigenvalue weighted by Gasteiger charge is -2.14. The summed E-state index contributed by atoms with van der Waals surface area (Å²) < 4.78 is 5.58. The van der Waals surface area contributed by atoms with Crippen LogP contribution in [-0.4, -0.2) is 30.0 Å². The van der Waals surface area contributed by atoms with Gasteiger partial charge in [0.05, 0.1) is 5.39 Å². The van der Waals surface area contributed by atoms with Crippen LogP contribution in [0.25, 0.3) is 11.0 Å². The number of aryl methyl sites for hydroxylation is 1. The number of carbonyl (C=O) groups excluding carboxylic acids is 1. The molecular weight excluding hydrogens is 394 g/mol. The third-order valence-corrected chi connectivity index (χ3v) is 4.56. The maximum atomic E-state index is 12.5. The summed E-state index contributed by atoms with van der Waals surface area (Å²) in [6.07, 6.45) is 0. The lowest BCUT2D eigenvalue weighted by Crippen LogP contribution is -2.15. The first-order valence-electron chi connectivity index (χ1n) is 9.63. The van der Waals surface area contributed by atoms with Crippen molar-refractivity contribution in [1.82, 2.24) is 9.97 Å². The summed E-state index contributed by atoms with van der Waals surface area (Å²) in [5, 5.41) is 6.33. The van der Waals surface area contributed by atoms with E-state index in [1.807, 2.05) is 32.0 Å². The number of nitrogens with zero attached hydrogens (tertiary/aromatic N) is 3. The van der Waals surface area contributed by atoms with Crippen LogP contribution in [-0.2, 0) is 0 Å². The van der Waals surface area contributed by atoms with Gasteiger partial charge in [0.15, 0.2) is 11.2 Å². The Morgan fingerprint density at radius 2 is 1.68 bits per heavy atom. The number of hydrogen-bond acceptors (Lipinski definition) is 7. The first-order chi connectivity index (χ1) is 14.9. The van der Waals surface area contributed by atoms with E-state index in [4.69, 9.17) is 4.42 Å². The summed E-state index contributed by atoms with van der Waals surface area (Å²) in [5.74, 6) is 0.741. The first-order valence-corrected chi connectivity index (χ1v) is 9.63. The molecule has 0 atom stereocenters. The van der Waals surface area contributed by atoms with Crippen molar-refractivity contribution in [2.24, 2.45) is 0 Å². The van der Waals surface area contributed by atoms with Gasteiger partial charge in [-0.2, -0.15) is 4.98 Å². The fourth-order valence-electron chi connectivity index (χ4n) is 3.01. The Labute approximate surface area is 178 Å². The van der Waals surface area contributed by atoms with E-state index >= 15 is 0 Å². The smallest absolute Gasteiger partial charge is 0.291 e. The van der Waals surface area contributed by atoms with Gasteiger partial charge in [0, 0.05) is 43.3 Å². The van der Waals surface area contributed by atoms with Gasteiger partial charge >= 0.3 is 0 Å². The molecule has 4 rings (SSSR count). The minimum atomic E-state index is -0.499. The zero-order chi connectivity index (χ0) is 22.0. The molecule has 0 unspecified atom stereocenters. The summed E-state index contributed by atoms with van der Waals surface area (Å²) >= 11 is 0. The number of aromatic nitrogens is 2. The standard InChI is InChI=1S/C23H21N5O3/c1-14-12-21(28(2)3)27-23(24-14)26-16-10-8-15(9-11-16)25-22(30)20-13-18(29)17-6-4-5-7-19(17)31-20/h4-13H,1-3H3,(H,25,30)(H,24,26,27). The second-order valence-corrected chi connectivity index (χ2v) is 7.21. The van der Waals surface area contributed by atoms with Gasteiger partial charge in [0.1, 0.15) is 11.4 Å². The zero-order valence-electron chi connectivity index (χ0n) is 17.3. The predicted molar refractivity (Wildman–Crippen MR) is 121 cm³/mol. The molecule has 1 amide bonds. The number of nitrogens with one attached hydrogen (secondary N) is 2. The highest BCUT2D eigenvalue weighted by Gasteiger charge is 2.13. The summed E-state index contributed by atoms with van der Waals surface area (Å²) in [5.41, 5.74) is 2.29. The summed E-state index contributed by atoms with van der Waals surface area (Å²) in [6, 6.07) is 17.0. The van der Waals surface area contributed by atoms with Gasteiger partial charge in [-0.25, -0.2) is 4.98 Å². The predicted octanol–water partition coefficient (Wildman–Crippen LogP) is 3.95. The van der Waals surface area contributed by atoms with Crippen LogP contribution in [0.5, 0.6) is 0 Å². The monoisotopic (exact) mass is 415 g/mol. The fraction of sp³-hybridized carbons (Fsp3) is 0.130. The number of fused-ring (bicyclic) bond motifs is 1. The normalized spacial score (nSPS) is 10.7. The molecule has 0 radical (unpaired) electrons. The van der Waals surface area contributed by atoms with Gasteiger partial charge in [0.25, 0.3) is 5.91 Å². The molecule has 2 N–H and O–H groups in total. The molecule has 156 valence electrons. The summed E-state index contributed by atoms with van der Waals surface area (Å²) in [4.78, 5) is 35.5. The minimum Gasteiger partial charge on any atom is -0.451 e. The Kier molecular flexibility index (Phi) is 5.36. The molecule has 4 aromatic rings. The molecule has 0 spiro atoms. The molecule has 0 aliphatic heterocycles. The number of amides is 1. The van der Waals surface area contributed by atoms with Gasteiger partial charge < -0.3 is 20.0 Å². The molecule has 0 saturated carbocycles. The van der Waals surface area contributed by atoms with Crippen molar-refractivity contribution in [2.75, 3.05) is 29.6 Å². The number of benzene rings is 2. The second kappa shape index (κ2) is 8.27. The number of para-hydroxylation sites is 1. The van der Waals surface area contributed by atoms with Crippen LogP contribution in [0.4, 0.5) is 23.1 Å². The Balaban J connectivity index is 1.49. The van der Waals surface area contributed by atoms with Crippen LogP contribution < -0.4 is 21.0 Å². The van der Waals surface area contributed by atoms with Crippen LogP contribution in [0.15, 0.2) is 69.9 Å². The van der Waals surface area contributed by atoms with E-state index in [9.17, 15) is 9.59 Å². The molecule has 0 aliphatic carbocycles. The summed E-state index contributed by atoms with van der Waals surface area (Å²) in [7, 11) is 3.83. The quantitative estimate of drug-likeness (QED) is 0.509. The zero-order valence-corrected chi connectivity index (χ0v) is 17.3. The Morgan fingerprint density at radius 1 is 0.968 bits per heavy atom. The maximum Gasteiger partial charge on any atom is 0.291 e. The van der Waals surface area contributed by atoms with Crippen molar-refractivity contribution in [3.8, 4) is 0 Å². The van der Waals surface area contributed by atoms with Crippen molar-refractivity contribution in [1.29, 1.82) is 0 Å². The lowest BCUT2D eigenvalue weighted by molar-refractivity contribution is 0.0997. The van der Waals surface area contributed by atoms with Crippen LogP contribution >= 0.6 is 0 Å². The molecule has 2 heterocycles. The van der Waals surface area contributed by atoms with E-state index in [1.165, 1.54) is 6.07 Å². The minimum absolute atomic E-state index is 0.0460. The highest BCUT2D eigenvalue weighted by atomic mass is 16.3. The number of carbonyl (C=O) groups is 1. The van der Waals surface area contributed by atoms with Crippen molar-refractivity contribution in [3.05, 3.63) is 82.3 Å². The van der Waals surface area contributed by atoms with Gasteiger partial charge in [-0.3, -0.25) is 9.59 Å². The molecule has 8 nitrogen and oxygen atoms in total. The molecule has 0 aliphatic rings. The van der Waals surface area contributed by atoms with E-state index in [0.717, 1.165) is 17.2 Å². The van der Waals surface area contributed by atoms with Crippen LogP contribution in [0.1, 0.15) is 16.2 Å². The molecule has 2 aromatic heterocycles. The van der Waals surface area contributed by atoms with Crippen molar-refractivity contribution in [2.45, 2.75) is 6.92 Å². The van der Waals surface area contributed by atoms with Crippen LogP contribution in [0.3, 0.4) is 0 Å². The van der Waals surface area contributed by atoms with E-state index in [0.29, 0.717) is 22.6 Å². The van der Waals surface area contributed by atoms with Crippen molar-refractivity contribution >= 4 is 40.0 Å². The van der Waals surface area contributed by atoms with Gasteiger partial charge in [-0.05, 0) is 43.3 Å². The Bertz CT molecular complexity index is 1310. The number of anilines is 4. The topological polar surface area (TPSA) is 100 Å². The lowest BCUT2D eigenvalue weighted by atomic mass is 10.2. The average molecular weight is 415 g/mol. The van der Waals surface area contributed by atoms with E-state index in [-0.39, 0.29) is 11.2 Å². The molecular formula is C23H21N5O3. The van der Waals surface area contributed by atoms with E-state index in [1.54, 1.807) is 48.5 Å². The largest absolute Gasteiger partial charge is 0.451 e. The number of rotatable bonds is 5. The molecule has 31 heavy (non-hydrogen) atoms. The first kappa shape index (κ1) is 20.1. The van der Waals surface area contributed by atoms with E-state index < -0.39 is 5.91 Å². The van der Waals surface area contributed by atoms with Crippen LogP contribution in [0.2, 0.25) is 0 Å². The molecule has 8 heteroatoms. The molecule has 0 saturated heterocycles. The fourth-order valence-corrected chi connectivity index (χ4v) is 3.01. The average Bonchev–Trinajstić information content (AvgIpc) is 2.74. The highest BCUT2D eigenvalue weighted by Crippen LogP contribution is 2.20. The van der Waals surface area contributed by atoms with Gasteiger partial charge in [-0.15, -0.1) is 0 Å². The van der Waals surface area contributed by atoms with Gasteiger partial charge in [0.2, 0.25) is 5.95 Å². The van der Waals surface area contributed by atoms with Gasteiger partial charge in [-0.1, -0.05) is 12.1 Å². The summed E-state index contributed by atoms with van der Waals surface area (Å²) in [6.45, 7) is 1.91. The Morgan fingerprint density at radius 3 is 2.42 bits per heavy atom. The number of hydrogen-bond donors (Lipinski definition) is 2. The Hall–Kier alpha value is -4.20. The highest BCUT2D eigenvalue weighted by molar-refractivity contribution is 6.03. The maximum absolute atomic E-state index is 12.5. The second-order valence-electron chi connectivity index (χ2n) is 7.21. The third-order valence-electron chi connectivity index (χ3n) is 4.56.